The zero-order chi connectivity index (χ0) is 15.8. The van der Waals surface area contributed by atoms with Crippen LogP contribution in [0.3, 0.4) is 0 Å². The Morgan fingerprint density at radius 1 is 0.909 bits per heavy atom. The topological polar surface area (TPSA) is 26.3 Å². The molecule has 0 atom stereocenters. The van der Waals surface area contributed by atoms with Gasteiger partial charge in [-0.05, 0) is 55.2 Å². The van der Waals surface area contributed by atoms with Crippen LogP contribution in [0.15, 0.2) is 66.7 Å². The highest BCUT2D eigenvalue weighted by molar-refractivity contribution is 5.88. The van der Waals surface area contributed by atoms with E-state index in [1.165, 1.54) is 0 Å². The van der Waals surface area contributed by atoms with Crippen molar-refractivity contribution < 1.29 is 9.53 Å². The highest BCUT2D eigenvalue weighted by Gasteiger charge is 2.04. The molecule has 0 fully saturated rings. The van der Waals surface area contributed by atoms with Gasteiger partial charge in [-0.2, -0.15) is 0 Å². The lowest BCUT2D eigenvalue weighted by Gasteiger charge is -2.02. The number of hydrogen-bond acceptors (Lipinski definition) is 2. The summed E-state index contributed by atoms with van der Waals surface area (Å²) in [6, 6.07) is 16.6. The minimum atomic E-state index is -0.437. The number of benzene rings is 2. The number of hydrogen-bond donors (Lipinski definition) is 0. The van der Waals surface area contributed by atoms with E-state index in [1.54, 1.807) is 31.2 Å². The van der Waals surface area contributed by atoms with Gasteiger partial charge in [0.15, 0.2) is 0 Å². The molecule has 0 saturated heterocycles. The summed E-state index contributed by atoms with van der Waals surface area (Å²) in [5, 5.41) is 0. The van der Waals surface area contributed by atoms with Gasteiger partial charge in [-0.25, -0.2) is 4.79 Å². The maximum atomic E-state index is 11.4. The molecule has 22 heavy (non-hydrogen) atoms. The molecule has 0 amide bonds. The lowest BCUT2D eigenvalue weighted by Crippen LogP contribution is -2.07. The second-order valence-electron chi connectivity index (χ2n) is 4.56. The molecule has 0 unspecified atom stereocenters. The number of carbonyl (C=O) groups is 1. The minimum absolute atomic E-state index is 0.361. The first-order valence-electron chi connectivity index (χ1n) is 6.70. The third-order valence-corrected chi connectivity index (χ3v) is 2.66. The van der Waals surface area contributed by atoms with Gasteiger partial charge >= 0.3 is 5.97 Å². The SMILES string of the molecule is C=C(C)C(=O)Oc1ccc(C#CC#Cc2ccccc2)cc1. The average Bonchev–Trinajstić information content (AvgIpc) is 2.54. The van der Waals surface area contributed by atoms with Crippen molar-refractivity contribution in [2.45, 2.75) is 6.92 Å². The van der Waals surface area contributed by atoms with Gasteiger partial charge in [-0.1, -0.05) is 36.6 Å². The first-order chi connectivity index (χ1) is 10.6. The summed E-state index contributed by atoms with van der Waals surface area (Å²) < 4.78 is 5.10. The Morgan fingerprint density at radius 3 is 2.00 bits per heavy atom. The van der Waals surface area contributed by atoms with E-state index < -0.39 is 5.97 Å². The predicted molar refractivity (Wildman–Crippen MR) is 87.1 cm³/mol. The summed E-state index contributed by atoms with van der Waals surface area (Å²) in [6.45, 7) is 5.14. The predicted octanol–water partition coefficient (Wildman–Crippen LogP) is 3.57. The number of ether oxygens (including phenoxy) is 1. The highest BCUT2D eigenvalue weighted by atomic mass is 16.5. The monoisotopic (exact) mass is 286 g/mol. The molecule has 0 bridgehead atoms. The molecule has 0 spiro atoms. The summed E-state index contributed by atoms with van der Waals surface area (Å²) in [7, 11) is 0. The van der Waals surface area contributed by atoms with Crippen LogP contribution in [0, 0.1) is 23.7 Å². The molecule has 2 rings (SSSR count). The molecular weight excluding hydrogens is 272 g/mol. The van der Waals surface area contributed by atoms with E-state index >= 15 is 0 Å². The van der Waals surface area contributed by atoms with E-state index in [2.05, 4.69) is 30.3 Å². The maximum absolute atomic E-state index is 11.4. The molecule has 2 aromatic rings. The first kappa shape index (κ1) is 15.2. The van der Waals surface area contributed by atoms with Crippen molar-refractivity contribution in [2.75, 3.05) is 0 Å². The van der Waals surface area contributed by atoms with Gasteiger partial charge in [0, 0.05) is 16.7 Å². The number of rotatable bonds is 2. The van der Waals surface area contributed by atoms with Crippen molar-refractivity contribution in [3.8, 4) is 29.4 Å². The molecule has 0 aliphatic carbocycles. The van der Waals surface area contributed by atoms with Crippen molar-refractivity contribution in [2.24, 2.45) is 0 Å². The molecule has 2 nitrogen and oxygen atoms in total. The lowest BCUT2D eigenvalue weighted by molar-refractivity contribution is -0.130. The standard InChI is InChI=1S/C20H14O2/c1-16(2)20(21)22-19-14-12-18(13-15-19)11-7-6-10-17-8-4-3-5-9-17/h3-5,8-9,12-15H,1H2,2H3. The molecule has 0 saturated carbocycles. The normalized spacial score (nSPS) is 8.77. The molecule has 2 heteroatoms. The molecule has 0 aromatic heterocycles. The Morgan fingerprint density at radius 2 is 1.45 bits per heavy atom. The fraction of sp³-hybridized carbons (Fsp3) is 0.0500. The quantitative estimate of drug-likeness (QED) is 0.365. The van der Waals surface area contributed by atoms with Crippen LogP contribution in [0.1, 0.15) is 18.1 Å². The van der Waals surface area contributed by atoms with Crippen LogP contribution in [-0.2, 0) is 4.79 Å². The fourth-order valence-electron chi connectivity index (χ4n) is 1.53. The van der Waals surface area contributed by atoms with Gasteiger partial charge in [-0.15, -0.1) is 0 Å². The summed E-state index contributed by atoms with van der Waals surface area (Å²) in [5.41, 5.74) is 2.09. The Balaban J connectivity index is 2.01. The van der Waals surface area contributed by atoms with Crippen LogP contribution in [0.25, 0.3) is 0 Å². The third-order valence-electron chi connectivity index (χ3n) is 2.66. The van der Waals surface area contributed by atoms with Crippen molar-refractivity contribution in [3.63, 3.8) is 0 Å². The largest absolute Gasteiger partial charge is 0.423 e. The Bertz CT molecular complexity index is 792. The molecule has 0 aliphatic rings. The third kappa shape index (κ3) is 4.71. The van der Waals surface area contributed by atoms with Crippen LogP contribution >= 0.6 is 0 Å². The van der Waals surface area contributed by atoms with Gasteiger partial charge in [-0.3, -0.25) is 0 Å². The Hall–Kier alpha value is -3.23. The van der Waals surface area contributed by atoms with E-state index in [1.807, 2.05) is 30.3 Å². The molecule has 2 aromatic carbocycles. The minimum Gasteiger partial charge on any atom is -0.423 e. The van der Waals surface area contributed by atoms with E-state index in [0.717, 1.165) is 11.1 Å². The van der Waals surface area contributed by atoms with Crippen LogP contribution in [0.2, 0.25) is 0 Å². The van der Waals surface area contributed by atoms with Gasteiger partial charge in [0.25, 0.3) is 0 Å². The molecule has 106 valence electrons. The highest BCUT2D eigenvalue weighted by Crippen LogP contribution is 2.12. The maximum Gasteiger partial charge on any atom is 0.338 e. The number of carbonyl (C=O) groups excluding carboxylic acids is 1. The van der Waals surface area contributed by atoms with Crippen molar-refractivity contribution >= 4 is 5.97 Å². The van der Waals surface area contributed by atoms with Gasteiger partial charge in [0.1, 0.15) is 5.75 Å². The van der Waals surface area contributed by atoms with E-state index in [-0.39, 0.29) is 0 Å². The molecule has 0 N–H and O–H groups in total. The van der Waals surface area contributed by atoms with Crippen LogP contribution in [0.5, 0.6) is 5.75 Å². The Labute approximate surface area is 130 Å². The smallest absolute Gasteiger partial charge is 0.338 e. The average molecular weight is 286 g/mol. The molecule has 0 radical (unpaired) electrons. The van der Waals surface area contributed by atoms with Gasteiger partial charge in [0.2, 0.25) is 0 Å². The van der Waals surface area contributed by atoms with Crippen LogP contribution < -0.4 is 4.74 Å². The van der Waals surface area contributed by atoms with Crippen molar-refractivity contribution in [3.05, 3.63) is 77.9 Å². The van der Waals surface area contributed by atoms with Gasteiger partial charge < -0.3 is 4.74 Å². The van der Waals surface area contributed by atoms with Crippen molar-refractivity contribution in [1.29, 1.82) is 0 Å². The summed E-state index contributed by atoms with van der Waals surface area (Å²) in [4.78, 5) is 11.4. The lowest BCUT2D eigenvalue weighted by atomic mass is 10.2. The second kappa shape index (κ2) is 7.53. The molecule has 0 aliphatic heterocycles. The van der Waals surface area contributed by atoms with Gasteiger partial charge in [0.05, 0.1) is 0 Å². The van der Waals surface area contributed by atoms with Crippen LogP contribution in [0.4, 0.5) is 0 Å². The van der Waals surface area contributed by atoms with E-state index in [0.29, 0.717) is 11.3 Å². The zero-order valence-corrected chi connectivity index (χ0v) is 12.2. The zero-order valence-electron chi connectivity index (χ0n) is 12.2. The molecular formula is C20H14O2. The molecule has 0 heterocycles. The fourth-order valence-corrected chi connectivity index (χ4v) is 1.53. The van der Waals surface area contributed by atoms with E-state index in [9.17, 15) is 4.79 Å². The van der Waals surface area contributed by atoms with Crippen molar-refractivity contribution in [1.82, 2.24) is 0 Å². The number of esters is 1. The van der Waals surface area contributed by atoms with Crippen LogP contribution in [-0.4, -0.2) is 5.97 Å². The second-order valence-corrected chi connectivity index (χ2v) is 4.56. The summed E-state index contributed by atoms with van der Waals surface area (Å²) in [6.07, 6.45) is 0. The summed E-state index contributed by atoms with van der Waals surface area (Å²) >= 11 is 0. The Kier molecular flexibility index (Phi) is 5.19. The summed E-state index contributed by atoms with van der Waals surface area (Å²) in [5.74, 6) is 11.5. The van der Waals surface area contributed by atoms with E-state index in [4.69, 9.17) is 4.74 Å². The first-order valence-corrected chi connectivity index (χ1v) is 6.70.